The van der Waals surface area contributed by atoms with Gasteiger partial charge in [-0.15, -0.1) is 0 Å². The molecule has 0 unspecified atom stereocenters. The Bertz CT molecular complexity index is 1200. The summed E-state index contributed by atoms with van der Waals surface area (Å²) < 4.78 is 25.0. The average molecular weight is 416 g/mol. The van der Waals surface area contributed by atoms with Crippen LogP contribution in [-0.4, -0.2) is 11.8 Å². The zero-order valence-corrected chi connectivity index (χ0v) is 17.4. The second-order valence-electron chi connectivity index (χ2n) is 8.34. The highest BCUT2D eigenvalue weighted by atomic mass is 19.1. The van der Waals surface area contributed by atoms with Crippen LogP contribution in [0.4, 0.5) is 4.39 Å². The first-order valence-corrected chi connectivity index (χ1v) is 9.88. The van der Waals surface area contributed by atoms with Gasteiger partial charge in [0.05, 0.1) is 11.1 Å². The third-order valence-corrected chi connectivity index (χ3v) is 5.03. The number of rotatable bonds is 3. The van der Waals surface area contributed by atoms with Crippen LogP contribution in [0.2, 0.25) is 0 Å². The molecule has 0 N–H and O–H groups in total. The minimum absolute atomic E-state index is 0.0137. The molecule has 0 saturated carbocycles. The predicted octanol–water partition coefficient (Wildman–Crippen LogP) is 5.96. The lowest BCUT2D eigenvalue weighted by molar-refractivity contribution is 0.0734. The molecule has 0 radical (unpaired) electrons. The zero-order chi connectivity index (χ0) is 22.2. The smallest absolute Gasteiger partial charge is 0.343 e. The molecule has 1 aliphatic rings. The van der Waals surface area contributed by atoms with Crippen LogP contribution in [0.15, 0.2) is 72.5 Å². The highest BCUT2D eigenvalue weighted by Gasteiger charge is 2.28. The molecule has 156 valence electrons. The third-order valence-electron chi connectivity index (χ3n) is 5.03. The molecule has 0 spiro atoms. The van der Waals surface area contributed by atoms with Crippen molar-refractivity contribution in [3.63, 3.8) is 0 Å². The monoisotopic (exact) mass is 416 g/mol. The normalized spacial score (nSPS) is 14.3. The maximum absolute atomic E-state index is 13.9. The summed E-state index contributed by atoms with van der Waals surface area (Å²) in [7, 11) is 0. The minimum atomic E-state index is -0.508. The van der Waals surface area contributed by atoms with E-state index in [1.54, 1.807) is 30.3 Å². The van der Waals surface area contributed by atoms with E-state index >= 15 is 0 Å². The maximum Gasteiger partial charge on any atom is 0.343 e. The average Bonchev–Trinajstić information content (AvgIpc) is 3.04. The number of fused-ring (bicyclic) bond motifs is 1. The van der Waals surface area contributed by atoms with Crippen LogP contribution in [0.3, 0.4) is 0 Å². The van der Waals surface area contributed by atoms with Gasteiger partial charge in [-0.2, -0.15) is 0 Å². The molecular weight excluding hydrogens is 395 g/mol. The number of allylic oxidation sites excluding steroid dienone is 1. The maximum atomic E-state index is 13.9. The molecule has 0 aromatic heterocycles. The summed E-state index contributed by atoms with van der Waals surface area (Å²) in [6.45, 7) is 6.29. The van der Waals surface area contributed by atoms with Crippen molar-refractivity contribution in [2.75, 3.05) is 0 Å². The molecule has 1 heterocycles. The molecule has 3 aromatic rings. The lowest BCUT2D eigenvalue weighted by Crippen LogP contribution is -2.12. The lowest BCUT2D eigenvalue weighted by Gasteiger charge is -2.18. The van der Waals surface area contributed by atoms with E-state index in [-0.39, 0.29) is 34.0 Å². The van der Waals surface area contributed by atoms with Crippen molar-refractivity contribution < 1.29 is 23.5 Å². The number of carbonyl (C=O) groups excluding carboxylic acids is 2. The van der Waals surface area contributed by atoms with Crippen LogP contribution in [0.5, 0.6) is 11.5 Å². The van der Waals surface area contributed by atoms with Gasteiger partial charge < -0.3 is 9.47 Å². The summed E-state index contributed by atoms with van der Waals surface area (Å²) in [5, 5.41) is 0. The van der Waals surface area contributed by atoms with Crippen LogP contribution in [-0.2, 0) is 5.41 Å². The van der Waals surface area contributed by atoms with E-state index in [9.17, 15) is 14.0 Å². The molecule has 0 aliphatic carbocycles. The van der Waals surface area contributed by atoms with E-state index in [0.29, 0.717) is 11.1 Å². The molecular formula is C26H21FO4. The summed E-state index contributed by atoms with van der Waals surface area (Å²) in [5.74, 6) is -0.777. The Labute approximate surface area is 179 Å². The summed E-state index contributed by atoms with van der Waals surface area (Å²) in [4.78, 5) is 25.1. The van der Waals surface area contributed by atoms with E-state index in [1.807, 2.05) is 12.1 Å². The van der Waals surface area contributed by atoms with Gasteiger partial charge in [-0.1, -0.05) is 51.1 Å². The first kappa shape index (κ1) is 20.5. The van der Waals surface area contributed by atoms with Gasteiger partial charge in [-0.05, 0) is 47.4 Å². The van der Waals surface area contributed by atoms with E-state index < -0.39 is 11.8 Å². The fourth-order valence-electron chi connectivity index (χ4n) is 3.24. The van der Waals surface area contributed by atoms with E-state index in [1.165, 1.54) is 30.3 Å². The highest BCUT2D eigenvalue weighted by Crippen LogP contribution is 2.35. The van der Waals surface area contributed by atoms with E-state index in [4.69, 9.17) is 9.47 Å². The number of ketones is 1. The van der Waals surface area contributed by atoms with Gasteiger partial charge in [-0.3, -0.25) is 4.79 Å². The van der Waals surface area contributed by atoms with Crippen molar-refractivity contribution in [2.45, 2.75) is 26.2 Å². The highest BCUT2D eigenvalue weighted by molar-refractivity contribution is 6.14. The Kier molecular flexibility index (Phi) is 5.19. The van der Waals surface area contributed by atoms with Gasteiger partial charge in [0.2, 0.25) is 5.78 Å². The summed E-state index contributed by atoms with van der Waals surface area (Å²) in [6.07, 6.45) is 1.36. The largest absolute Gasteiger partial charge is 0.452 e. The first-order valence-electron chi connectivity index (χ1n) is 9.88. The number of esters is 1. The van der Waals surface area contributed by atoms with Crippen LogP contribution < -0.4 is 9.47 Å². The third kappa shape index (κ3) is 4.26. The van der Waals surface area contributed by atoms with Gasteiger partial charge in [-0.25, -0.2) is 9.18 Å². The molecule has 1 aliphatic heterocycles. The first-order chi connectivity index (χ1) is 14.7. The quantitative estimate of drug-likeness (QED) is 0.300. The van der Waals surface area contributed by atoms with Crippen molar-refractivity contribution in [2.24, 2.45) is 0 Å². The Morgan fingerprint density at radius 1 is 1.00 bits per heavy atom. The second kappa shape index (κ2) is 7.84. The molecule has 0 amide bonds. The van der Waals surface area contributed by atoms with E-state index in [2.05, 4.69) is 20.8 Å². The van der Waals surface area contributed by atoms with Crippen molar-refractivity contribution in [1.29, 1.82) is 0 Å². The SMILES string of the molecule is CC(C)(C)c1ccc(C(=O)Oc2ccc3c(c2)O/C(=C\c2ccccc2F)C3=O)cc1. The van der Waals surface area contributed by atoms with Crippen LogP contribution in [0.1, 0.15) is 52.6 Å². The number of hydrogen-bond donors (Lipinski definition) is 0. The summed E-state index contributed by atoms with van der Waals surface area (Å²) in [6, 6.07) is 17.9. The van der Waals surface area contributed by atoms with Crippen molar-refractivity contribution >= 4 is 17.8 Å². The van der Waals surface area contributed by atoms with Gasteiger partial charge >= 0.3 is 5.97 Å². The molecule has 31 heavy (non-hydrogen) atoms. The summed E-state index contributed by atoms with van der Waals surface area (Å²) in [5.41, 5.74) is 2.11. The van der Waals surface area contributed by atoms with Crippen molar-refractivity contribution in [3.05, 3.63) is 101 Å². The number of Topliss-reactive ketones (excluding diaryl/α,β-unsaturated/α-hetero) is 1. The summed E-state index contributed by atoms with van der Waals surface area (Å²) >= 11 is 0. The molecule has 0 bridgehead atoms. The van der Waals surface area contributed by atoms with Crippen LogP contribution in [0.25, 0.3) is 6.08 Å². The fourth-order valence-corrected chi connectivity index (χ4v) is 3.24. The number of ether oxygens (including phenoxy) is 2. The van der Waals surface area contributed by atoms with Crippen LogP contribution >= 0.6 is 0 Å². The standard InChI is InChI=1S/C26H21FO4/c1-26(2,3)18-10-8-16(9-11-18)25(29)30-19-12-13-20-22(15-19)31-23(24(20)28)14-17-6-4-5-7-21(17)27/h4-15H,1-3H3/b23-14-. The van der Waals surface area contributed by atoms with Crippen molar-refractivity contribution in [1.82, 2.24) is 0 Å². The van der Waals surface area contributed by atoms with Crippen molar-refractivity contribution in [3.8, 4) is 11.5 Å². The number of carbonyl (C=O) groups is 2. The molecule has 3 aromatic carbocycles. The van der Waals surface area contributed by atoms with Crippen LogP contribution in [0, 0.1) is 5.82 Å². The topological polar surface area (TPSA) is 52.6 Å². The second-order valence-corrected chi connectivity index (χ2v) is 8.34. The fraction of sp³-hybridized carbons (Fsp3) is 0.154. The lowest BCUT2D eigenvalue weighted by atomic mass is 9.87. The molecule has 0 atom stereocenters. The van der Waals surface area contributed by atoms with Gasteiger partial charge in [0.15, 0.2) is 5.76 Å². The Morgan fingerprint density at radius 3 is 2.39 bits per heavy atom. The minimum Gasteiger partial charge on any atom is -0.452 e. The number of hydrogen-bond acceptors (Lipinski definition) is 4. The van der Waals surface area contributed by atoms with E-state index in [0.717, 1.165) is 5.56 Å². The molecule has 0 saturated heterocycles. The molecule has 0 fully saturated rings. The Balaban J connectivity index is 1.52. The predicted molar refractivity (Wildman–Crippen MR) is 116 cm³/mol. The zero-order valence-electron chi connectivity index (χ0n) is 17.4. The number of halogens is 1. The molecule has 5 heteroatoms. The molecule has 4 nitrogen and oxygen atoms in total. The van der Waals surface area contributed by atoms with Gasteiger partial charge in [0.25, 0.3) is 0 Å². The van der Waals surface area contributed by atoms with Gasteiger partial charge in [0.1, 0.15) is 17.3 Å². The Morgan fingerprint density at radius 2 is 1.71 bits per heavy atom. The number of benzene rings is 3. The molecule has 4 rings (SSSR count). The van der Waals surface area contributed by atoms with Gasteiger partial charge in [0, 0.05) is 11.6 Å². The Hall–Kier alpha value is -3.73.